The third-order valence-corrected chi connectivity index (χ3v) is 3.37. The van der Waals surface area contributed by atoms with E-state index in [1.165, 1.54) is 25.7 Å². The van der Waals surface area contributed by atoms with Crippen LogP contribution in [0.4, 0.5) is 0 Å². The SMILES string of the molecule is CCCC(NCC)C1CCOC(C)(C)C1. The lowest BCUT2D eigenvalue weighted by atomic mass is 9.82. The Bertz CT molecular complexity index is 173. The van der Waals surface area contributed by atoms with Gasteiger partial charge in [-0.25, -0.2) is 0 Å². The summed E-state index contributed by atoms with van der Waals surface area (Å²) < 4.78 is 5.77. The lowest BCUT2D eigenvalue weighted by Crippen LogP contribution is -2.44. The summed E-state index contributed by atoms with van der Waals surface area (Å²) in [6.07, 6.45) is 5.00. The van der Waals surface area contributed by atoms with Gasteiger partial charge in [-0.1, -0.05) is 20.3 Å². The minimum atomic E-state index is 0.0876. The predicted octanol–water partition coefficient (Wildman–Crippen LogP) is 2.97. The quantitative estimate of drug-likeness (QED) is 0.758. The van der Waals surface area contributed by atoms with Gasteiger partial charge < -0.3 is 10.1 Å². The Hall–Kier alpha value is -0.0800. The average Bonchev–Trinajstić information content (AvgIpc) is 2.16. The van der Waals surface area contributed by atoms with Crippen molar-refractivity contribution in [3.63, 3.8) is 0 Å². The molecule has 0 amide bonds. The zero-order valence-corrected chi connectivity index (χ0v) is 10.8. The van der Waals surface area contributed by atoms with Gasteiger partial charge in [0.1, 0.15) is 0 Å². The van der Waals surface area contributed by atoms with Crippen LogP contribution in [0, 0.1) is 5.92 Å². The third-order valence-electron chi connectivity index (χ3n) is 3.37. The Morgan fingerprint density at radius 2 is 2.13 bits per heavy atom. The summed E-state index contributed by atoms with van der Waals surface area (Å²) in [6, 6.07) is 0.697. The van der Waals surface area contributed by atoms with Crippen LogP contribution in [0.25, 0.3) is 0 Å². The normalized spacial score (nSPS) is 27.6. The molecule has 1 aliphatic heterocycles. The number of ether oxygens (including phenoxy) is 1. The molecule has 0 aromatic carbocycles. The summed E-state index contributed by atoms with van der Waals surface area (Å²) in [6.45, 7) is 10.9. The van der Waals surface area contributed by atoms with Crippen molar-refractivity contribution in [1.82, 2.24) is 5.32 Å². The van der Waals surface area contributed by atoms with Crippen LogP contribution in [0.2, 0.25) is 0 Å². The maximum absolute atomic E-state index is 5.77. The molecule has 0 spiro atoms. The van der Waals surface area contributed by atoms with E-state index in [1.807, 2.05) is 0 Å². The first kappa shape index (κ1) is 13.0. The van der Waals surface area contributed by atoms with Crippen molar-refractivity contribution in [3.8, 4) is 0 Å². The van der Waals surface area contributed by atoms with E-state index in [9.17, 15) is 0 Å². The summed E-state index contributed by atoms with van der Waals surface area (Å²) in [5.74, 6) is 0.800. The summed E-state index contributed by atoms with van der Waals surface area (Å²) >= 11 is 0. The summed E-state index contributed by atoms with van der Waals surface area (Å²) in [5, 5.41) is 3.64. The van der Waals surface area contributed by atoms with Crippen molar-refractivity contribution in [1.29, 1.82) is 0 Å². The molecular weight excluding hydrogens is 186 g/mol. The predicted molar refractivity (Wildman–Crippen MR) is 65.1 cm³/mol. The Labute approximate surface area is 94.8 Å². The Morgan fingerprint density at radius 1 is 1.40 bits per heavy atom. The van der Waals surface area contributed by atoms with E-state index in [-0.39, 0.29) is 5.60 Å². The van der Waals surface area contributed by atoms with Crippen LogP contribution >= 0.6 is 0 Å². The van der Waals surface area contributed by atoms with Crippen molar-refractivity contribution in [2.75, 3.05) is 13.2 Å². The highest BCUT2D eigenvalue weighted by Gasteiger charge is 2.32. The van der Waals surface area contributed by atoms with Crippen molar-refractivity contribution < 1.29 is 4.74 Å². The van der Waals surface area contributed by atoms with Crippen LogP contribution in [0.5, 0.6) is 0 Å². The topological polar surface area (TPSA) is 21.3 Å². The lowest BCUT2D eigenvalue weighted by molar-refractivity contribution is -0.0787. The first-order chi connectivity index (χ1) is 7.09. The molecule has 0 aromatic heterocycles. The molecule has 2 unspecified atom stereocenters. The smallest absolute Gasteiger partial charge is 0.0629 e. The molecule has 1 N–H and O–H groups in total. The number of hydrogen-bond acceptors (Lipinski definition) is 2. The Morgan fingerprint density at radius 3 is 2.67 bits per heavy atom. The maximum atomic E-state index is 5.77. The fourth-order valence-electron chi connectivity index (χ4n) is 2.70. The lowest BCUT2D eigenvalue weighted by Gasteiger charge is -2.39. The Kier molecular flexibility index (Phi) is 5.07. The first-order valence-electron chi connectivity index (χ1n) is 6.46. The van der Waals surface area contributed by atoms with E-state index < -0.39 is 0 Å². The van der Waals surface area contributed by atoms with Gasteiger partial charge in [0.05, 0.1) is 5.60 Å². The highest BCUT2D eigenvalue weighted by atomic mass is 16.5. The molecule has 1 aliphatic rings. The summed E-state index contributed by atoms with van der Waals surface area (Å²) in [7, 11) is 0. The molecule has 0 saturated carbocycles. The van der Waals surface area contributed by atoms with Crippen LogP contribution in [0.1, 0.15) is 53.4 Å². The first-order valence-corrected chi connectivity index (χ1v) is 6.46. The van der Waals surface area contributed by atoms with Crippen LogP contribution in [-0.2, 0) is 4.74 Å². The maximum Gasteiger partial charge on any atom is 0.0629 e. The van der Waals surface area contributed by atoms with Crippen LogP contribution in [-0.4, -0.2) is 24.8 Å². The van der Waals surface area contributed by atoms with Gasteiger partial charge in [-0.3, -0.25) is 0 Å². The highest BCUT2D eigenvalue weighted by Crippen LogP contribution is 2.31. The van der Waals surface area contributed by atoms with Crippen LogP contribution in [0.3, 0.4) is 0 Å². The van der Waals surface area contributed by atoms with Gasteiger partial charge in [0.2, 0.25) is 0 Å². The standard InChI is InChI=1S/C13H27NO/c1-5-7-12(14-6-2)11-8-9-15-13(3,4)10-11/h11-12,14H,5-10H2,1-4H3. The monoisotopic (exact) mass is 213 g/mol. The zero-order valence-electron chi connectivity index (χ0n) is 10.8. The zero-order chi connectivity index (χ0) is 11.3. The van der Waals surface area contributed by atoms with Crippen molar-refractivity contribution in [2.24, 2.45) is 5.92 Å². The molecule has 2 nitrogen and oxygen atoms in total. The molecule has 1 fully saturated rings. The van der Waals surface area contributed by atoms with Gasteiger partial charge in [0.15, 0.2) is 0 Å². The minimum absolute atomic E-state index is 0.0876. The molecule has 2 heteroatoms. The summed E-state index contributed by atoms with van der Waals surface area (Å²) in [4.78, 5) is 0. The van der Waals surface area contributed by atoms with Crippen molar-refractivity contribution in [2.45, 2.75) is 65.0 Å². The molecule has 2 atom stereocenters. The van der Waals surface area contributed by atoms with Crippen LogP contribution < -0.4 is 5.32 Å². The van der Waals surface area contributed by atoms with E-state index >= 15 is 0 Å². The molecule has 0 bridgehead atoms. The van der Waals surface area contributed by atoms with Gasteiger partial charge in [-0.15, -0.1) is 0 Å². The van der Waals surface area contributed by atoms with Gasteiger partial charge in [0.25, 0.3) is 0 Å². The second-order valence-electron chi connectivity index (χ2n) is 5.31. The van der Waals surface area contributed by atoms with Gasteiger partial charge in [-0.05, 0) is 45.6 Å². The van der Waals surface area contributed by atoms with E-state index in [0.717, 1.165) is 19.1 Å². The molecule has 1 rings (SSSR count). The highest BCUT2D eigenvalue weighted by molar-refractivity contribution is 4.85. The van der Waals surface area contributed by atoms with Crippen molar-refractivity contribution >= 4 is 0 Å². The molecule has 90 valence electrons. The van der Waals surface area contributed by atoms with Crippen LogP contribution in [0.15, 0.2) is 0 Å². The minimum Gasteiger partial charge on any atom is -0.376 e. The fraction of sp³-hybridized carbons (Fsp3) is 1.00. The Balaban J connectivity index is 2.50. The summed E-state index contributed by atoms with van der Waals surface area (Å²) in [5.41, 5.74) is 0.0876. The fourth-order valence-corrected chi connectivity index (χ4v) is 2.70. The molecule has 0 radical (unpaired) electrons. The number of rotatable bonds is 5. The molecule has 1 heterocycles. The van der Waals surface area contributed by atoms with E-state index in [2.05, 4.69) is 33.0 Å². The molecule has 0 aromatic rings. The van der Waals surface area contributed by atoms with Gasteiger partial charge >= 0.3 is 0 Å². The number of nitrogens with one attached hydrogen (secondary N) is 1. The van der Waals surface area contributed by atoms with Gasteiger partial charge in [0, 0.05) is 12.6 Å². The second kappa shape index (κ2) is 5.86. The van der Waals surface area contributed by atoms with E-state index in [1.54, 1.807) is 0 Å². The van der Waals surface area contributed by atoms with E-state index in [0.29, 0.717) is 6.04 Å². The van der Waals surface area contributed by atoms with E-state index in [4.69, 9.17) is 4.74 Å². The number of hydrogen-bond donors (Lipinski definition) is 1. The second-order valence-corrected chi connectivity index (χ2v) is 5.31. The average molecular weight is 213 g/mol. The molecule has 15 heavy (non-hydrogen) atoms. The molecular formula is C13H27NO. The van der Waals surface area contributed by atoms with Crippen molar-refractivity contribution in [3.05, 3.63) is 0 Å². The molecule has 0 aliphatic carbocycles. The third kappa shape index (κ3) is 4.12. The van der Waals surface area contributed by atoms with Gasteiger partial charge in [-0.2, -0.15) is 0 Å². The molecule has 1 saturated heterocycles. The largest absolute Gasteiger partial charge is 0.376 e.